The Hall–Kier alpha value is -7.23. The quantitative estimate of drug-likeness (QED) is 0.166. The van der Waals surface area contributed by atoms with E-state index in [-0.39, 0.29) is 0 Å². The van der Waals surface area contributed by atoms with E-state index in [1.54, 1.807) is 0 Å². The van der Waals surface area contributed by atoms with Crippen LogP contribution in [0.2, 0.25) is 0 Å². The van der Waals surface area contributed by atoms with Crippen LogP contribution in [0.1, 0.15) is 22.3 Å². The first-order valence-corrected chi connectivity index (χ1v) is 18.7. The number of aromatic nitrogens is 3. The Balaban J connectivity index is 1.04. The Morgan fingerprint density at radius 2 is 0.600 bits per heavy atom. The average Bonchev–Trinajstić information content (AvgIpc) is 3.58. The average molecular weight is 702 g/mol. The number of rotatable bonds is 7. The van der Waals surface area contributed by atoms with E-state index >= 15 is 0 Å². The minimum absolute atomic E-state index is 0.411. The zero-order valence-corrected chi connectivity index (χ0v) is 30.0. The molecule has 9 aromatic rings. The maximum Gasteiger partial charge on any atom is 0.164 e. The summed E-state index contributed by atoms with van der Waals surface area (Å²) >= 11 is 0. The molecule has 258 valence electrons. The van der Waals surface area contributed by atoms with E-state index in [0.29, 0.717) is 17.5 Å². The van der Waals surface area contributed by atoms with Crippen molar-refractivity contribution in [3.05, 3.63) is 235 Å². The van der Waals surface area contributed by atoms with Gasteiger partial charge < -0.3 is 0 Å². The van der Waals surface area contributed by atoms with Crippen molar-refractivity contribution in [2.75, 3.05) is 0 Å². The summed E-state index contributed by atoms with van der Waals surface area (Å²) in [6.07, 6.45) is 0. The van der Waals surface area contributed by atoms with Crippen LogP contribution < -0.4 is 0 Å². The van der Waals surface area contributed by atoms with Crippen LogP contribution in [0.4, 0.5) is 0 Å². The van der Waals surface area contributed by atoms with Crippen molar-refractivity contribution in [3.63, 3.8) is 0 Å². The van der Waals surface area contributed by atoms with Crippen LogP contribution in [-0.2, 0) is 5.41 Å². The minimum Gasteiger partial charge on any atom is -0.208 e. The van der Waals surface area contributed by atoms with Gasteiger partial charge in [0.15, 0.2) is 17.5 Å². The molecular formula is C52H35N3. The number of benzene rings is 8. The molecule has 0 radical (unpaired) electrons. The van der Waals surface area contributed by atoms with Gasteiger partial charge in [0.2, 0.25) is 0 Å². The lowest BCUT2D eigenvalue weighted by atomic mass is 9.67. The standard InChI is InChI=1S/C52H35N3/c1-5-15-36(16-6-1)37-25-29-40(30-26-37)50-53-49(39-17-7-2-8-18-39)54-51(55-50)41-31-27-38(28-32-41)42-33-34-48-46(35-42)45-23-13-14-24-47(45)52(48,43-19-9-3-10-20-43)44-21-11-4-12-22-44/h1-35H. The third-order valence-electron chi connectivity index (χ3n) is 10.9. The highest BCUT2D eigenvalue weighted by Gasteiger charge is 2.45. The molecule has 0 bridgehead atoms. The Kier molecular flexibility index (Phi) is 8.04. The molecule has 0 atom stereocenters. The summed E-state index contributed by atoms with van der Waals surface area (Å²) in [7, 11) is 0. The predicted molar refractivity (Wildman–Crippen MR) is 224 cm³/mol. The molecule has 10 rings (SSSR count). The van der Waals surface area contributed by atoms with Crippen molar-refractivity contribution in [1.82, 2.24) is 15.0 Å². The molecule has 0 saturated carbocycles. The normalized spacial score (nSPS) is 12.5. The highest BCUT2D eigenvalue weighted by molar-refractivity contribution is 5.89. The second-order valence-electron chi connectivity index (χ2n) is 14.0. The largest absolute Gasteiger partial charge is 0.208 e. The first-order valence-electron chi connectivity index (χ1n) is 18.7. The molecule has 0 unspecified atom stereocenters. The van der Waals surface area contributed by atoms with Gasteiger partial charge in [-0.2, -0.15) is 0 Å². The van der Waals surface area contributed by atoms with Crippen LogP contribution in [0, 0.1) is 0 Å². The zero-order chi connectivity index (χ0) is 36.6. The molecular weight excluding hydrogens is 667 g/mol. The van der Waals surface area contributed by atoms with Gasteiger partial charge in [-0.15, -0.1) is 0 Å². The second kappa shape index (κ2) is 13.6. The molecule has 0 amide bonds. The summed E-state index contributed by atoms with van der Waals surface area (Å²) in [6, 6.07) is 75.3. The van der Waals surface area contributed by atoms with Crippen molar-refractivity contribution < 1.29 is 0 Å². The van der Waals surface area contributed by atoms with Gasteiger partial charge in [-0.25, -0.2) is 15.0 Å². The van der Waals surface area contributed by atoms with Crippen molar-refractivity contribution in [2.24, 2.45) is 0 Å². The Bertz CT molecular complexity index is 2720. The zero-order valence-electron chi connectivity index (χ0n) is 30.0. The first-order chi connectivity index (χ1) is 27.3. The monoisotopic (exact) mass is 701 g/mol. The smallest absolute Gasteiger partial charge is 0.164 e. The molecule has 3 nitrogen and oxygen atoms in total. The molecule has 1 heterocycles. The molecule has 1 aliphatic rings. The van der Waals surface area contributed by atoms with Crippen LogP contribution in [0.5, 0.6) is 0 Å². The fourth-order valence-electron chi connectivity index (χ4n) is 8.23. The molecule has 1 aromatic heterocycles. The molecule has 0 N–H and O–H groups in total. The van der Waals surface area contributed by atoms with Crippen LogP contribution >= 0.6 is 0 Å². The van der Waals surface area contributed by atoms with Gasteiger partial charge in [-0.05, 0) is 61.7 Å². The number of hydrogen-bond acceptors (Lipinski definition) is 3. The van der Waals surface area contributed by atoms with Crippen LogP contribution in [0.25, 0.3) is 67.5 Å². The summed E-state index contributed by atoms with van der Waals surface area (Å²) in [4.78, 5) is 15.0. The van der Waals surface area contributed by atoms with Gasteiger partial charge in [-0.1, -0.05) is 206 Å². The second-order valence-corrected chi connectivity index (χ2v) is 14.0. The molecule has 0 aliphatic heterocycles. The third-order valence-corrected chi connectivity index (χ3v) is 10.9. The maximum atomic E-state index is 5.03. The molecule has 0 fully saturated rings. The van der Waals surface area contributed by atoms with Crippen molar-refractivity contribution in [1.29, 1.82) is 0 Å². The van der Waals surface area contributed by atoms with Gasteiger partial charge in [-0.3, -0.25) is 0 Å². The molecule has 1 aliphatic carbocycles. The van der Waals surface area contributed by atoms with Gasteiger partial charge in [0.1, 0.15) is 0 Å². The van der Waals surface area contributed by atoms with E-state index in [1.807, 2.05) is 36.4 Å². The van der Waals surface area contributed by atoms with E-state index in [0.717, 1.165) is 33.4 Å². The summed E-state index contributed by atoms with van der Waals surface area (Å²) in [5, 5.41) is 0. The number of nitrogens with zero attached hydrogens (tertiary/aromatic N) is 3. The number of fused-ring (bicyclic) bond motifs is 3. The summed E-state index contributed by atoms with van der Waals surface area (Å²) in [5.41, 5.74) is 14.7. The van der Waals surface area contributed by atoms with E-state index in [1.165, 1.54) is 38.9 Å². The lowest BCUT2D eigenvalue weighted by Crippen LogP contribution is -2.28. The fraction of sp³-hybridized carbons (Fsp3) is 0.0192. The summed E-state index contributed by atoms with van der Waals surface area (Å²) in [5.74, 6) is 1.93. The fourth-order valence-corrected chi connectivity index (χ4v) is 8.23. The van der Waals surface area contributed by atoms with Crippen LogP contribution in [0.15, 0.2) is 212 Å². The third kappa shape index (κ3) is 5.65. The molecule has 3 heteroatoms. The molecule has 8 aromatic carbocycles. The van der Waals surface area contributed by atoms with Gasteiger partial charge in [0.25, 0.3) is 0 Å². The number of hydrogen-bond donors (Lipinski definition) is 0. The van der Waals surface area contributed by atoms with Gasteiger partial charge in [0, 0.05) is 16.7 Å². The first kappa shape index (κ1) is 32.4. The lowest BCUT2D eigenvalue weighted by molar-refractivity contribution is 0.768. The Morgan fingerprint density at radius 1 is 0.255 bits per heavy atom. The van der Waals surface area contributed by atoms with Gasteiger partial charge in [0.05, 0.1) is 5.41 Å². The summed E-state index contributed by atoms with van der Waals surface area (Å²) in [6.45, 7) is 0. The molecule has 0 saturated heterocycles. The van der Waals surface area contributed by atoms with E-state index in [2.05, 4.69) is 176 Å². The molecule has 55 heavy (non-hydrogen) atoms. The minimum atomic E-state index is -0.411. The Morgan fingerprint density at radius 3 is 1.13 bits per heavy atom. The van der Waals surface area contributed by atoms with Crippen LogP contribution in [-0.4, -0.2) is 15.0 Å². The van der Waals surface area contributed by atoms with E-state index in [4.69, 9.17) is 15.0 Å². The highest BCUT2D eigenvalue weighted by atomic mass is 15.0. The van der Waals surface area contributed by atoms with Crippen molar-refractivity contribution in [3.8, 4) is 67.5 Å². The van der Waals surface area contributed by atoms with Crippen molar-refractivity contribution in [2.45, 2.75) is 5.41 Å². The molecule has 0 spiro atoms. The highest BCUT2D eigenvalue weighted by Crippen LogP contribution is 2.56. The van der Waals surface area contributed by atoms with E-state index < -0.39 is 5.41 Å². The topological polar surface area (TPSA) is 38.7 Å². The lowest BCUT2D eigenvalue weighted by Gasteiger charge is -2.33. The van der Waals surface area contributed by atoms with E-state index in [9.17, 15) is 0 Å². The maximum absolute atomic E-state index is 5.03. The predicted octanol–water partition coefficient (Wildman–Crippen LogP) is 12.6. The summed E-state index contributed by atoms with van der Waals surface area (Å²) < 4.78 is 0. The SMILES string of the molecule is c1ccc(-c2ccc(-c3nc(-c4ccccc4)nc(-c4ccc(-c5ccc6c(c5)-c5ccccc5C6(c5ccccc5)c5ccccc5)cc4)n3)cc2)cc1. The van der Waals surface area contributed by atoms with Crippen LogP contribution in [0.3, 0.4) is 0 Å². The Labute approximate surface area is 321 Å². The van der Waals surface area contributed by atoms with Crippen molar-refractivity contribution >= 4 is 0 Å². The van der Waals surface area contributed by atoms with Gasteiger partial charge >= 0.3 is 0 Å².